The summed E-state index contributed by atoms with van der Waals surface area (Å²) in [6.45, 7) is 0. The Kier molecular flexibility index (Phi) is 3.59. The van der Waals surface area contributed by atoms with Gasteiger partial charge < -0.3 is 14.2 Å². The smallest absolute Gasteiger partial charge is 0.161 e. The molecular formula is C18H16O4. The number of benzene rings is 3. The summed E-state index contributed by atoms with van der Waals surface area (Å²) in [5, 5.41) is 3.73. The third-order valence-electron chi connectivity index (χ3n) is 3.82. The van der Waals surface area contributed by atoms with Crippen molar-refractivity contribution in [1.82, 2.24) is 0 Å². The summed E-state index contributed by atoms with van der Waals surface area (Å²) in [4.78, 5) is 11.4. The molecule has 0 aliphatic carbocycles. The van der Waals surface area contributed by atoms with Crippen LogP contribution in [0, 0.1) is 0 Å². The average Bonchev–Trinajstić information content (AvgIpc) is 2.59. The topological polar surface area (TPSA) is 44.8 Å². The molecule has 0 bridgehead atoms. The lowest BCUT2D eigenvalue weighted by atomic mass is 9.97. The summed E-state index contributed by atoms with van der Waals surface area (Å²) in [5.74, 6) is 2.03. The molecule has 0 spiro atoms. The third kappa shape index (κ3) is 2.13. The average molecular weight is 296 g/mol. The van der Waals surface area contributed by atoms with Crippen LogP contribution >= 0.6 is 0 Å². The van der Waals surface area contributed by atoms with Gasteiger partial charge in [0.15, 0.2) is 17.8 Å². The zero-order chi connectivity index (χ0) is 15.7. The number of rotatable bonds is 4. The Morgan fingerprint density at radius 1 is 0.773 bits per heavy atom. The number of carbonyl (C=O) groups is 1. The van der Waals surface area contributed by atoms with E-state index in [1.54, 1.807) is 21.3 Å². The van der Waals surface area contributed by atoms with E-state index in [9.17, 15) is 4.79 Å². The molecule has 0 aromatic heterocycles. The summed E-state index contributed by atoms with van der Waals surface area (Å²) >= 11 is 0. The van der Waals surface area contributed by atoms with Gasteiger partial charge in [-0.2, -0.15) is 0 Å². The van der Waals surface area contributed by atoms with Crippen LogP contribution in [0.3, 0.4) is 0 Å². The fraction of sp³-hybridized carbons (Fsp3) is 0.167. The van der Waals surface area contributed by atoms with Gasteiger partial charge in [0.05, 0.1) is 21.3 Å². The van der Waals surface area contributed by atoms with Gasteiger partial charge >= 0.3 is 0 Å². The van der Waals surface area contributed by atoms with Gasteiger partial charge in [0.2, 0.25) is 0 Å². The molecule has 0 atom stereocenters. The Labute approximate surface area is 128 Å². The standard InChI is InChI=1S/C18H16O4/c1-20-13-4-5-14-12(10-19)6-11-7-17(21-2)18(22-3)9-15(11)16(14)8-13/h4-10H,1-3H3. The van der Waals surface area contributed by atoms with E-state index in [1.165, 1.54) is 0 Å². The van der Waals surface area contributed by atoms with Gasteiger partial charge in [0, 0.05) is 5.56 Å². The number of ether oxygens (including phenoxy) is 3. The van der Waals surface area contributed by atoms with E-state index in [0.29, 0.717) is 17.1 Å². The molecule has 112 valence electrons. The highest BCUT2D eigenvalue weighted by Gasteiger charge is 2.12. The third-order valence-corrected chi connectivity index (χ3v) is 3.82. The first-order chi connectivity index (χ1) is 10.7. The molecule has 0 unspecified atom stereocenters. The fourth-order valence-electron chi connectivity index (χ4n) is 2.72. The number of methoxy groups -OCH3 is 3. The summed E-state index contributed by atoms with van der Waals surface area (Å²) in [6.07, 6.45) is 0.866. The second-order valence-electron chi connectivity index (χ2n) is 4.92. The van der Waals surface area contributed by atoms with Crippen LogP contribution in [0.4, 0.5) is 0 Å². The fourth-order valence-corrected chi connectivity index (χ4v) is 2.72. The first kappa shape index (κ1) is 14.2. The summed E-state index contributed by atoms with van der Waals surface area (Å²) in [6, 6.07) is 11.3. The molecule has 3 rings (SSSR count). The second kappa shape index (κ2) is 5.56. The first-order valence-corrected chi connectivity index (χ1v) is 6.83. The maximum atomic E-state index is 11.4. The molecule has 3 aromatic carbocycles. The van der Waals surface area contributed by atoms with E-state index in [1.807, 2.05) is 36.4 Å². The first-order valence-electron chi connectivity index (χ1n) is 6.83. The molecule has 0 heterocycles. The van der Waals surface area contributed by atoms with Crippen molar-refractivity contribution in [2.24, 2.45) is 0 Å². The number of hydrogen-bond acceptors (Lipinski definition) is 4. The van der Waals surface area contributed by atoms with Crippen LogP contribution in [-0.2, 0) is 0 Å². The monoisotopic (exact) mass is 296 g/mol. The van der Waals surface area contributed by atoms with E-state index in [0.717, 1.165) is 33.6 Å². The van der Waals surface area contributed by atoms with Gasteiger partial charge in [-0.05, 0) is 57.9 Å². The van der Waals surface area contributed by atoms with Crippen LogP contribution in [0.5, 0.6) is 17.2 Å². The molecule has 4 nitrogen and oxygen atoms in total. The van der Waals surface area contributed by atoms with Crippen LogP contribution in [0.25, 0.3) is 21.5 Å². The van der Waals surface area contributed by atoms with Crippen molar-refractivity contribution < 1.29 is 19.0 Å². The molecule has 22 heavy (non-hydrogen) atoms. The van der Waals surface area contributed by atoms with Gasteiger partial charge in [-0.1, -0.05) is 0 Å². The number of carbonyl (C=O) groups excluding carboxylic acids is 1. The zero-order valence-electron chi connectivity index (χ0n) is 12.7. The maximum Gasteiger partial charge on any atom is 0.161 e. The predicted octanol–water partition coefficient (Wildman–Crippen LogP) is 3.83. The highest BCUT2D eigenvalue weighted by Crippen LogP contribution is 2.37. The summed E-state index contributed by atoms with van der Waals surface area (Å²) in [5.41, 5.74) is 0.636. The number of fused-ring (bicyclic) bond motifs is 3. The minimum Gasteiger partial charge on any atom is -0.497 e. The molecule has 0 aliphatic heterocycles. The molecule has 3 aromatic rings. The number of aldehydes is 1. The van der Waals surface area contributed by atoms with Gasteiger partial charge in [0.25, 0.3) is 0 Å². The summed E-state index contributed by atoms with van der Waals surface area (Å²) in [7, 11) is 4.82. The Hall–Kier alpha value is -2.75. The van der Waals surface area contributed by atoms with Crippen molar-refractivity contribution in [2.75, 3.05) is 21.3 Å². The SMILES string of the molecule is COc1ccc2c(C=O)cc3cc(OC)c(OC)cc3c2c1. The van der Waals surface area contributed by atoms with Crippen molar-refractivity contribution in [2.45, 2.75) is 0 Å². The molecule has 0 saturated carbocycles. The lowest BCUT2D eigenvalue weighted by molar-refractivity contribution is 0.112. The quantitative estimate of drug-likeness (QED) is 0.542. The molecule has 0 aliphatic rings. The van der Waals surface area contributed by atoms with E-state index in [-0.39, 0.29) is 0 Å². The molecule has 0 amide bonds. The molecule has 0 N–H and O–H groups in total. The normalized spacial score (nSPS) is 10.7. The molecule has 0 saturated heterocycles. The van der Waals surface area contributed by atoms with Gasteiger partial charge in [-0.3, -0.25) is 4.79 Å². The zero-order valence-corrected chi connectivity index (χ0v) is 12.7. The maximum absolute atomic E-state index is 11.4. The van der Waals surface area contributed by atoms with Gasteiger partial charge in [-0.25, -0.2) is 0 Å². The summed E-state index contributed by atoms with van der Waals surface area (Å²) < 4.78 is 16.0. The predicted molar refractivity (Wildman–Crippen MR) is 86.5 cm³/mol. The Balaban J connectivity index is 2.47. The van der Waals surface area contributed by atoms with Crippen LogP contribution in [-0.4, -0.2) is 27.6 Å². The van der Waals surface area contributed by atoms with Crippen molar-refractivity contribution in [3.8, 4) is 17.2 Å². The highest BCUT2D eigenvalue weighted by molar-refractivity contribution is 6.14. The lowest BCUT2D eigenvalue weighted by Gasteiger charge is -2.13. The Morgan fingerprint density at radius 3 is 2.14 bits per heavy atom. The minimum atomic E-state index is 0.633. The van der Waals surface area contributed by atoms with Crippen LogP contribution < -0.4 is 14.2 Å². The molecule has 4 heteroatoms. The van der Waals surface area contributed by atoms with Crippen molar-refractivity contribution in [3.63, 3.8) is 0 Å². The number of hydrogen-bond donors (Lipinski definition) is 0. The second-order valence-corrected chi connectivity index (χ2v) is 4.92. The molecular weight excluding hydrogens is 280 g/mol. The van der Waals surface area contributed by atoms with Crippen molar-refractivity contribution in [3.05, 3.63) is 42.0 Å². The van der Waals surface area contributed by atoms with Crippen LogP contribution in [0.2, 0.25) is 0 Å². The van der Waals surface area contributed by atoms with E-state index in [4.69, 9.17) is 14.2 Å². The van der Waals surface area contributed by atoms with Crippen LogP contribution in [0.1, 0.15) is 10.4 Å². The van der Waals surface area contributed by atoms with Gasteiger partial charge in [0.1, 0.15) is 5.75 Å². The Bertz CT molecular complexity index is 868. The Morgan fingerprint density at radius 2 is 1.50 bits per heavy atom. The highest BCUT2D eigenvalue weighted by atomic mass is 16.5. The lowest BCUT2D eigenvalue weighted by Crippen LogP contribution is -1.93. The van der Waals surface area contributed by atoms with Crippen molar-refractivity contribution >= 4 is 27.8 Å². The van der Waals surface area contributed by atoms with Crippen molar-refractivity contribution in [1.29, 1.82) is 0 Å². The largest absolute Gasteiger partial charge is 0.497 e. The van der Waals surface area contributed by atoms with Crippen LogP contribution in [0.15, 0.2) is 36.4 Å². The van der Waals surface area contributed by atoms with E-state index < -0.39 is 0 Å². The van der Waals surface area contributed by atoms with E-state index in [2.05, 4.69) is 0 Å². The molecule has 0 radical (unpaired) electrons. The van der Waals surface area contributed by atoms with Gasteiger partial charge in [-0.15, -0.1) is 0 Å². The minimum absolute atomic E-state index is 0.633. The molecule has 0 fully saturated rings. The van der Waals surface area contributed by atoms with E-state index >= 15 is 0 Å².